The number of rotatable bonds is 6. The lowest BCUT2D eigenvalue weighted by Crippen LogP contribution is -2.27. The van der Waals surface area contributed by atoms with Gasteiger partial charge in [0.1, 0.15) is 4.90 Å². The molecule has 0 fully saturated rings. The zero-order chi connectivity index (χ0) is 17.2. The topological polar surface area (TPSA) is 84.5 Å². The van der Waals surface area contributed by atoms with Crippen molar-refractivity contribution >= 4 is 10.0 Å². The zero-order valence-corrected chi connectivity index (χ0v) is 14.7. The quantitative estimate of drug-likeness (QED) is 0.868. The van der Waals surface area contributed by atoms with E-state index in [0.29, 0.717) is 22.9 Å². The highest BCUT2D eigenvalue weighted by atomic mass is 32.2. The molecular weight excluding hydrogens is 318 g/mol. The standard InChI is InChI=1S/C15H21N3O4S/c1-10-15(11(2)17-16-10)23(19,20)18(3)9-12-6-7-13(21-4)14(8-12)22-5/h6-8H,9H2,1-5H3,(H,16,17). The van der Waals surface area contributed by atoms with Gasteiger partial charge in [-0.2, -0.15) is 9.40 Å². The number of benzene rings is 1. The molecule has 7 nitrogen and oxygen atoms in total. The lowest BCUT2D eigenvalue weighted by atomic mass is 10.2. The number of nitrogens with one attached hydrogen (secondary N) is 1. The minimum Gasteiger partial charge on any atom is -0.493 e. The maximum Gasteiger partial charge on any atom is 0.246 e. The number of ether oxygens (including phenoxy) is 2. The third kappa shape index (κ3) is 3.32. The Labute approximate surface area is 136 Å². The molecule has 0 aliphatic heterocycles. The lowest BCUT2D eigenvalue weighted by Gasteiger charge is -2.18. The fourth-order valence-corrected chi connectivity index (χ4v) is 3.88. The molecule has 0 aliphatic rings. The molecule has 1 N–H and O–H groups in total. The minimum absolute atomic E-state index is 0.215. The number of aromatic amines is 1. The fraction of sp³-hybridized carbons (Fsp3) is 0.400. The van der Waals surface area contributed by atoms with Crippen LogP contribution in [0.2, 0.25) is 0 Å². The van der Waals surface area contributed by atoms with E-state index >= 15 is 0 Å². The zero-order valence-electron chi connectivity index (χ0n) is 13.9. The van der Waals surface area contributed by atoms with Gasteiger partial charge in [0.15, 0.2) is 11.5 Å². The smallest absolute Gasteiger partial charge is 0.246 e. The van der Waals surface area contributed by atoms with Crippen molar-refractivity contribution in [3.8, 4) is 11.5 Å². The number of sulfonamides is 1. The van der Waals surface area contributed by atoms with Crippen molar-refractivity contribution in [1.82, 2.24) is 14.5 Å². The summed E-state index contributed by atoms with van der Waals surface area (Å²) in [5.41, 5.74) is 1.79. The van der Waals surface area contributed by atoms with E-state index in [-0.39, 0.29) is 11.4 Å². The Bertz CT molecular complexity index is 780. The van der Waals surface area contributed by atoms with Crippen LogP contribution in [0.25, 0.3) is 0 Å². The van der Waals surface area contributed by atoms with Crippen molar-refractivity contribution in [3.05, 3.63) is 35.2 Å². The first kappa shape index (κ1) is 17.3. The van der Waals surface area contributed by atoms with E-state index in [4.69, 9.17) is 9.47 Å². The van der Waals surface area contributed by atoms with Gasteiger partial charge in [0.25, 0.3) is 0 Å². The van der Waals surface area contributed by atoms with E-state index in [1.54, 1.807) is 40.2 Å². The van der Waals surface area contributed by atoms with E-state index in [2.05, 4.69) is 10.2 Å². The third-order valence-corrected chi connectivity index (χ3v) is 5.65. The van der Waals surface area contributed by atoms with E-state index in [1.165, 1.54) is 11.4 Å². The first-order valence-electron chi connectivity index (χ1n) is 7.00. The van der Waals surface area contributed by atoms with Gasteiger partial charge < -0.3 is 9.47 Å². The van der Waals surface area contributed by atoms with Gasteiger partial charge in [-0.15, -0.1) is 0 Å². The number of aromatic nitrogens is 2. The van der Waals surface area contributed by atoms with Gasteiger partial charge in [-0.1, -0.05) is 6.07 Å². The molecule has 2 rings (SSSR count). The lowest BCUT2D eigenvalue weighted by molar-refractivity contribution is 0.354. The molecule has 2 aromatic rings. The Hall–Kier alpha value is -2.06. The average molecular weight is 339 g/mol. The summed E-state index contributed by atoms with van der Waals surface area (Å²) in [5.74, 6) is 1.16. The Morgan fingerprint density at radius 3 is 2.35 bits per heavy atom. The molecule has 0 amide bonds. The van der Waals surface area contributed by atoms with Crippen LogP contribution in [0.3, 0.4) is 0 Å². The van der Waals surface area contributed by atoms with Crippen LogP contribution in [-0.2, 0) is 16.6 Å². The average Bonchev–Trinajstić information content (AvgIpc) is 2.86. The van der Waals surface area contributed by atoms with Crippen LogP contribution in [-0.4, -0.2) is 44.2 Å². The maximum atomic E-state index is 12.7. The van der Waals surface area contributed by atoms with Gasteiger partial charge in [-0.3, -0.25) is 5.10 Å². The SMILES string of the molecule is COc1ccc(CN(C)S(=O)(=O)c2c(C)n[nH]c2C)cc1OC. The molecule has 1 aromatic carbocycles. The van der Waals surface area contributed by atoms with Crippen molar-refractivity contribution in [2.45, 2.75) is 25.3 Å². The molecule has 126 valence electrons. The van der Waals surface area contributed by atoms with Crippen LogP contribution in [0.15, 0.2) is 23.1 Å². The van der Waals surface area contributed by atoms with Crippen LogP contribution in [0, 0.1) is 13.8 Å². The molecule has 0 bridgehead atoms. The van der Waals surface area contributed by atoms with Gasteiger partial charge in [-0.25, -0.2) is 8.42 Å². The normalized spacial score (nSPS) is 11.7. The molecule has 0 radical (unpaired) electrons. The summed E-state index contributed by atoms with van der Waals surface area (Å²) in [6.07, 6.45) is 0. The van der Waals surface area contributed by atoms with Crippen molar-refractivity contribution in [3.63, 3.8) is 0 Å². The largest absolute Gasteiger partial charge is 0.493 e. The molecule has 0 atom stereocenters. The predicted octanol–water partition coefficient (Wildman–Crippen LogP) is 1.86. The Morgan fingerprint density at radius 1 is 1.17 bits per heavy atom. The van der Waals surface area contributed by atoms with Gasteiger partial charge in [0.05, 0.1) is 25.6 Å². The molecule has 0 unspecified atom stereocenters. The first-order valence-corrected chi connectivity index (χ1v) is 8.44. The third-order valence-electron chi connectivity index (χ3n) is 3.58. The predicted molar refractivity (Wildman–Crippen MR) is 86.3 cm³/mol. The second-order valence-electron chi connectivity index (χ2n) is 5.21. The van der Waals surface area contributed by atoms with E-state index in [0.717, 1.165) is 5.56 Å². The van der Waals surface area contributed by atoms with Gasteiger partial charge in [-0.05, 0) is 31.5 Å². The number of methoxy groups -OCH3 is 2. The van der Waals surface area contributed by atoms with E-state index in [1.807, 2.05) is 6.07 Å². The molecular formula is C15H21N3O4S. The second-order valence-corrected chi connectivity index (χ2v) is 7.20. The molecule has 0 saturated carbocycles. The molecule has 0 spiro atoms. The van der Waals surface area contributed by atoms with Crippen LogP contribution in [0.4, 0.5) is 0 Å². The molecule has 8 heteroatoms. The highest BCUT2D eigenvalue weighted by Gasteiger charge is 2.27. The van der Waals surface area contributed by atoms with Crippen LogP contribution in [0.5, 0.6) is 11.5 Å². The van der Waals surface area contributed by atoms with Crippen molar-refractivity contribution < 1.29 is 17.9 Å². The highest BCUT2D eigenvalue weighted by Crippen LogP contribution is 2.29. The van der Waals surface area contributed by atoms with Crippen molar-refractivity contribution in [2.75, 3.05) is 21.3 Å². The Kier molecular flexibility index (Phi) is 4.96. The summed E-state index contributed by atoms with van der Waals surface area (Å²) in [6.45, 7) is 3.57. The number of H-pyrrole nitrogens is 1. The number of hydrogen-bond acceptors (Lipinski definition) is 5. The number of nitrogens with zero attached hydrogens (tertiary/aromatic N) is 2. The van der Waals surface area contributed by atoms with Crippen LogP contribution in [0.1, 0.15) is 17.0 Å². The second kappa shape index (κ2) is 6.59. The summed E-state index contributed by atoms with van der Waals surface area (Å²) in [6, 6.07) is 5.32. The Morgan fingerprint density at radius 2 is 1.83 bits per heavy atom. The summed E-state index contributed by atoms with van der Waals surface area (Å²) >= 11 is 0. The van der Waals surface area contributed by atoms with Crippen molar-refractivity contribution in [2.24, 2.45) is 0 Å². The van der Waals surface area contributed by atoms with E-state index in [9.17, 15) is 8.42 Å². The Balaban J connectivity index is 2.30. The van der Waals surface area contributed by atoms with Crippen molar-refractivity contribution in [1.29, 1.82) is 0 Å². The monoisotopic (exact) mass is 339 g/mol. The van der Waals surface area contributed by atoms with E-state index < -0.39 is 10.0 Å². The fourth-order valence-electron chi connectivity index (χ4n) is 2.40. The molecule has 23 heavy (non-hydrogen) atoms. The first-order chi connectivity index (χ1) is 10.8. The van der Waals surface area contributed by atoms with Gasteiger partial charge in [0, 0.05) is 13.6 Å². The maximum absolute atomic E-state index is 12.7. The molecule has 0 aliphatic carbocycles. The molecule has 1 aromatic heterocycles. The molecule has 0 saturated heterocycles. The summed E-state index contributed by atoms with van der Waals surface area (Å²) in [5, 5.41) is 6.66. The number of hydrogen-bond donors (Lipinski definition) is 1. The summed E-state index contributed by atoms with van der Waals surface area (Å²) in [7, 11) is 1.01. The highest BCUT2D eigenvalue weighted by molar-refractivity contribution is 7.89. The number of aryl methyl sites for hydroxylation is 2. The minimum atomic E-state index is -3.62. The van der Waals surface area contributed by atoms with Gasteiger partial charge in [0.2, 0.25) is 10.0 Å². The van der Waals surface area contributed by atoms with Crippen LogP contribution < -0.4 is 9.47 Å². The van der Waals surface area contributed by atoms with Crippen LogP contribution >= 0.6 is 0 Å². The summed E-state index contributed by atoms with van der Waals surface area (Å²) < 4.78 is 37.2. The molecule has 1 heterocycles. The summed E-state index contributed by atoms with van der Waals surface area (Å²) in [4.78, 5) is 0.223. The van der Waals surface area contributed by atoms with Gasteiger partial charge >= 0.3 is 0 Å².